The second-order valence-corrected chi connectivity index (χ2v) is 6.25. The van der Waals surface area contributed by atoms with Gasteiger partial charge in [-0.15, -0.1) is 0 Å². The molecule has 0 amide bonds. The number of aliphatic hydroxyl groups excluding tert-OH is 1. The summed E-state index contributed by atoms with van der Waals surface area (Å²) in [6.07, 6.45) is 5.36. The molecule has 2 unspecified atom stereocenters. The van der Waals surface area contributed by atoms with Crippen LogP contribution in [0.4, 0.5) is 0 Å². The normalized spacial score (nSPS) is 15.8. The van der Waals surface area contributed by atoms with E-state index in [0.717, 1.165) is 38.5 Å². The Balaban J connectivity index is 4.24. The van der Waals surface area contributed by atoms with E-state index >= 15 is 0 Å². The van der Waals surface area contributed by atoms with Gasteiger partial charge in [0.15, 0.2) is 0 Å². The van der Waals surface area contributed by atoms with E-state index in [9.17, 15) is 13.5 Å². The third-order valence-corrected chi connectivity index (χ3v) is 4.32. The minimum Gasteiger partial charge on any atom is -0.392 e. The van der Waals surface area contributed by atoms with Crippen LogP contribution < -0.4 is 0 Å². The largest absolute Gasteiger partial charge is 0.392 e. The SMILES string of the molecule is CCCCCCC(C(O)CCCC)S(=O)(=O)O. The molecular formula is C12H26O4S. The van der Waals surface area contributed by atoms with Gasteiger partial charge >= 0.3 is 0 Å². The summed E-state index contributed by atoms with van der Waals surface area (Å²) < 4.78 is 31.5. The molecule has 5 heteroatoms. The van der Waals surface area contributed by atoms with Crippen molar-refractivity contribution in [1.29, 1.82) is 0 Å². The highest BCUT2D eigenvalue weighted by Gasteiger charge is 2.29. The van der Waals surface area contributed by atoms with Gasteiger partial charge in [0.05, 0.1) is 6.10 Å². The molecule has 0 aromatic carbocycles. The fourth-order valence-corrected chi connectivity index (χ4v) is 2.91. The Morgan fingerprint density at radius 1 is 0.941 bits per heavy atom. The molecule has 0 fully saturated rings. The Morgan fingerprint density at radius 2 is 1.53 bits per heavy atom. The molecule has 0 aliphatic rings. The number of hydrogen-bond acceptors (Lipinski definition) is 3. The van der Waals surface area contributed by atoms with Crippen LogP contribution in [0.2, 0.25) is 0 Å². The Bertz CT molecular complexity index is 274. The van der Waals surface area contributed by atoms with E-state index in [2.05, 4.69) is 6.92 Å². The van der Waals surface area contributed by atoms with Gasteiger partial charge in [-0.2, -0.15) is 8.42 Å². The summed E-state index contributed by atoms with van der Waals surface area (Å²) >= 11 is 0. The van der Waals surface area contributed by atoms with E-state index in [1.54, 1.807) is 0 Å². The van der Waals surface area contributed by atoms with Crippen LogP contribution in [0.15, 0.2) is 0 Å². The van der Waals surface area contributed by atoms with E-state index in [4.69, 9.17) is 4.55 Å². The van der Waals surface area contributed by atoms with Gasteiger partial charge in [0, 0.05) is 0 Å². The first kappa shape index (κ1) is 16.9. The van der Waals surface area contributed by atoms with Crippen molar-refractivity contribution in [2.45, 2.75) is 76.6 Å². The number of aliphatic hydroxyl groups is 1. The minimum atomic E-state index is -4.13. The van der Waals surface area contributed by atoms with Crippen LogP contribution in [0.25, 0.3) is 0 Å². The van der Waals surface area contributed by atoms with Crippen LogP contribution in [0.3, 0.4) is 0 Å². The van der Waals surface area contributed by atoms with E-state index in [-0.39, 0.29) is 0 Å². The maximum Gasteiger partial charge on any atom is 0.270 e. The maximum absolute atomic E-state index is 11.2. The summed E-state index contributed by atoms with van der Waals surface area (Å²) in [7, 11) is -4.13. The molecule has 2 N–H and O–H groups in total. The lowest BCUT2D eigenvalue weighted by atomic mass is 10.0. The Morgan fingerprint density at radius 3 is 2.00 bits per heavy atom. The van der Waals surface area contributed by atoms with Crippen LogP contribution in [0, 0.1) is 0 Å². The van der Waals surface area contributed by atoms with E-state index in [1.165, 1.54) is 0 Å². The lowest BCUT2D eigenvalue weighted by molar-refractivity contribution is 0.147. The van der Waals surface area contributed by atoms with Crippen LogP contribution in [0.1, 0.15) is 65.2 Å². The fourth-order valence-electron chi connectivity index (χ4n) is 1.91. The summed E-state index contributed by atoms with van der Waals surface area (Å²) in [5, 5.41) is 8.78. The summed E-state index contributed by atoms with van der Waals surface area (Å²) in [5.74, 6) is 0. The van der Waals surface area contributed by atoms with E-state index in [1.807, 2.05) is 6.92 Å². The van der Waals surface area contributed by atoms with Crippen molar-refractivity contribution < 1.29 is 18.1 Å². The monoisotopic (exact) mass is 266 g/mol. The Hall–Kier alpha value is -0.130. The highest BCUT2D eigenvalue weighted by atomic mass is 32.2. The Labute approximate surface area is 105 Å². The van der Waals surface area contributed by atoms with Crippen molar-refractivity contribution in [3.05, 3.63) is 0 Å². The zero-order valence-electron chi connectivity index (χ0n) is 10.9. The number of rotatable bonds is 10. The van der Waals surface area contributed by atoms with Gasteiger partial charge in [0.1, 0.15) is 5.25 Å². The van der Waals surface area contributed by atoms with Crippen LogP contribution in [0.5, 0.6) is 0 Å². The molecule has 0 aliphatic heterocycles. The van der Waals surface area contributed by atoms with Gasteiger partial charge in [-0.25, -0.2) is 0 Å². The lowest BCUT2D eigenvalue weighted by Gasteiger charge is -2.20. The molecule has 0 aromatic heterocycles. The maximum atomic E-state index is 11.2. The molecule has 0 aromatic rings. The molecule has 0 bridgehead atoms. The summed E-state index contributed by atoms with van der Waals surface area (Å²) in [5.41, 5.74) is 0. The summed E-state index contributed by atoms with van der Waals surface area (Å²) in [6, 6.07) is 0. The smallest absolute Gasteiger partial charge is 0.270 e. The highest BCUT2D eigenvalue weighted by Crippen LogP contribution is 2.18. The zero-order chi connectivity index (χ0) is 13.3. The first-order valence-electron chi connectivity index (χ1n) is 6.57. The predicted molar refractivity (Wildman–Crippen MR) is 69.6 cm³/mol. The molecule has 0 saturated heterocycles. The van der Waals surface area contributed by atoms with Crippen LogP contribution in [-0.4, -0.2) is 29.4 Å². The fraction of sp³-hybridized carbons (Fsp3) is 1.00. The minimum absolute atomic E-state index is 0.351. The van der Waals surface area contributed by atoms with Gasteiger partial charge in [-0.3, -0.25) is 4.55 Å². The van der Waals surface area contributed by atoms with Crippen molar-refractivity contribution in [3.63, 3.8) is 0 Å². The highest BCUT2D eigenvalue weighted by molar-refractivity contribution is 7.86. The van der Waals surface area contributed by atoms with Gasteiger partial charge in [-0.05, 0) is 12.8 Å². The predicted octanol–water partition coefficient (Wildman–Crippen LogP) is 2.76. The third-order valence-electron chi connectivity index (χ3n) is 3.01. The molecule has 2 atom stereocenters. The van der Waals surface area contributed by atoms with Gasteiger partial charge < -0.3 is 5.11 Å². The Kier molecular flexibility index (Phi) is 8.82. The van der Waals surface area contributed by atoms with Crippen molar-refractivity contribution in [2.24, 2.45) is 0 Å². The average molecular weight is 266 g/mol. The molecular weight excluding hydrogens is 240 g/mol. The molecule has 104 valence electrons. The number of hydrogen-bond donors (Lipinski definition) is 2. The van der Waals surface area contributed by atoms with Crippen molar-refractivity contribution in [3.8, 4) is 0 Å². The standard InChI is InChI=1S/C12H26O4S/c1-3-5-7-8-10-12(17(14,15)16)11(13)9-6-4-2/h11-13H,3-10H2,1-2H3,(H,14,15,16). The second-order valence-electron chi connectivity index (χ2n) is 4.61. The molecule has 0 rings (SSSR count). The van der Waals surface area contributed by atoms with Crippen molar-refractivity contribution >= 4 is 10.1 Å². The number of unbranched alkanes of at least 4 members (excludes halogenated alkanes) is 4. The first-order chi connectivity index (χ1) is 7.93. The van der Waals surface area contributed by atoms with Gasteiger partial charge in [0.2, 0.25) is 0 Å². The molecule has 0 heterocycles. The first-order valence-corrected chi connectivity index (χ1v) is 8.08. The quantitative estimate of drug-likeness (QED) is 0.471. The molecule has 0 radical (unpaired) electrons. The topological polar surface area (TPSA) is 74.6 Å². The third kappa shape index (κ3) is 7.73. The lowest BCUT2D eigenvalue weighted by Crippen LogP contribution is -2.33. The molecule has 17 heavy (non-hydrogen) atoms. The molecule has 0 saturated carbocycles. The van der Waals surface area contributed by atoms with Crippen LogP contribution >= 0.6 is 0 Å². The van der Waals surface area contributed by atoms with Crippen LogP contribution in [-0.2, 0) is 10.1 Å². The second kappa shape index (κ2) is 8.89. The average Bonchev–Trinajstić information content (AvgIpc) is 2.24. The molecule has 4 nitrogen and oxygen atoms in total. The molecule has 0 spiro atoms. The summed E-state index contributed by atoms with van der Waals surface area (Å²) in [6.45, 7) is 4.06. The van der Waals surface area contributed by atoms with Crippen molar-refractivity contribution in [2.75, 3.05) is 0 Å². The van der Waals surface area contributed by atoms with Gasteiger partial charge in [0.25, 0.3) is 10.1 Å². The van der Waals surface area contributed by atoms with Gasteiger partial charge in [-0.1, -0.05) is 52.4 Å². The van der Waals surface area contributed by atoms with E-state index < -0.39 is 21.5 Å². The van der Waals surface area contributed by atoms with Crippen molar-refractivity contribution in [1.82, 2.24) is 0 Å². The summed E-state index contributed by atoms with van der Waals surface area (Å²) in [4.78, 5) is 0. The molecule has 0 aliphatic carbocycles. The zero-order valence-corrected chi connectivity index (χ0v) is 11.7. The van der Waals surface area contributed by atoms with E-state index in [0.29, 0.717) is 12.8 Å².